The Bertz CT molecular complexity index is 2430. The molecule has 0 aliphatic carbocycles. The SMILES string of the molecule is c1ccc2c(c1)sc1ccc(-c3ccc4c5ccccc5c5c6ccccc6c6ccccc6c5c4c3)cc12. The standard InChI is InChI=1S/C38H22S/c1-4-13-30-25(9-1)26-10-2-6-15-32(26)38-34-22-23(17-19-28(34)27-11-3-5-14-31(27)37(30)38)24-18-20-36-33(21-24)29-12-7-8-16-35(29)39-36/h1-22H. The predicted octanol–water partition coefficient (Wildman–Crippen LogP) is 11.5. The summed E-state index contributed by atoms with van der Waals surface area (Å²) in [6.07, 6.45) is 0. The molecule has 0 bridgehead atoms. The molecule has 8 aromatic carbocycles. The quantitative estimate of drug-likeness (QED) is 0.193. The van der Waals surface area contributed by atoms with Gasteiger partial charge in [0.05, 0.1) is 0 Å². The van der Waals surface area contributed by atoms with Gasteiger partial charge in [0, 0.05) is 20.2 Å². The van der Waals surface area contributed by atoms with Crippen LogP contribution in [-0.2, 0) is 0 Å². The highest BCUT2D eigenvalue weighted by Gasteiger charge is 2.16. The van der Waals surface area contributed by atoms with Crippen LogP contribution < -0.4 is 0 Å². The van der Waals surface area contributed by atoms with Gasteiger partial charge in [-0.2, -0.15) is 0 Å². The smallest absolute Gasteiger partial charge is 0.0355 e. The Morgan fingerprint density at radius 1 is 0.282 bits per heavy atom. The molecule has 39 heavy (non-hydrogen) atoms. The Labute approximate surface area is 229 Å². The van der Waals surface area contributed by atoms with E-state index in [4.69, 9.17) is 0 Å². The van der Waals surface area contributed by atoms with E-state index in [1.54, 1.807) is 0 Å². The third-order valence-corrected chi connectivity index (χ3v) is 9.57. The van der Waals surface area contributed by atoms with E-state index in [9.17, 15) is 0 Å². The van der Waals surface area contributed by atoms with E-state index < -0.39 is 0 Å². The van der Waals surface area contributed by atoms with Crippen LogP contribution in [0.4, 0.5) is 0 Å². The lowest BCUT2D eigenvalue weighted by molar-refractivity contribution is 1.71. The van der Waals surface area contributed by atoms with Crippen LogP contribution in [0, 0.1) is 0 Å². The molecule has 0 saturated heterocycles. The Hall–Kier alpha value is -4.72. The third-order valence-electron chi connectivity index (χ3n) is 8.42. The van der Waals surface area contributed by atoms with Gasteiger partial charge >= 0.3 is 0 Å². The van der Waals surface area contributed by atoms with Gasteiger partial charge in [0.1, 0.15) is 0 Å². The maximum Gasteiger partial charge on any atom is 0.0355 e. The van der Waals surface area contributed by atoms with Crippen molar-refractivity contribution in [2.45, 2.75) is 0 Å². The topological polar surface area (TPSA) is 0 Å². The van der Waals surface area contributed by atoms with Gasteiger partial charge in [0.25, 0.3) is 0 Å². The predicted molar refractivity (Wildman–Crippen MR) is 172 cm³/mol. The van der Waals surface area contributed by atoms with Crippen LogP contribution in [0.2, 0.25) is 0 Å². The lowest BCUT2D eigenvalue weighted by Gasteiger charge is -2.17. The second kappa shape index (κ2) is 7.89. The van der Waals surface area contributed by atoms with Gasteiger partial charge in [-0.3, -0.25) is 0 Å². The van der Waals surface area contributed by atoms with E-state index in [2.05, 4.69) is 133 Å². The van der Waals surface area contributed by atoms with Crippen molar-refractivity contribution >= 4 is 85.4 Å². The van der Waals surface area contributed by atoms with Crippen LogP contribution in [-0.4, -0.2) is 0 Å². The van der Waals surface area contributed by atoms with E-state index in [1.165, 1.54) is 85.2 Å². The van der Waals surface area contributed by atoms with Gasteiger partial charge in [0.15, 0.2) is 0 Å². The van der Waals surface area contributed by atoms with E-state index in [0.717, 1.165) is 0 Å². The zero-order valence-corrected chi connectivity index (χ0v) is 21.9. The van der Waals surface area contributed by atoms with Crippen molar-refractivity contribution in [3.8, 4) is 11.1 Å². The van der Waals surface area contributed by atoms with Crippen molar-refractivity contribution in [2.75, 3.05) is 0 Å². The number of hydrogen-bond donors (Lipinski definition) is 0. The molecular formula is C38H22S. The molecule has 0 amide bonds. The van der Waals surface area contributed by atoms with Crippen LogP contribution in [0.25, 0.3) is 85.2 Å². The highest BCUT2D eigenvalue weighted by molar-refractivity contribution is 7.25. The van der Waals surface area contributed by atoms with Crippen molar-refractivity contribution in [3.05, 3.63) is 133 Å². The van der Waals surface area contributed by atoms with Gasteiger partial charge in [-0.15, -0.1) is 11.3 Å². The Morgan fingerprint density at radius 2 is 0.692 bits per heavy atom. The van der Waals surface area contributed by atoms with Crippen LogP contribution >= 0.6 is 11.3 Å². The van der Waals surface area contributed by atoms with Crippen LogP contribution in [0.15, 0.2) is 133 Å². The van der Waals surface area contributed by atoms with Gasteiger partial charge < -0.3 is 0 Å². The molecule has 180 valence electrons. The van der Waals surface area contributed by atoms with E-state index >= 15 is 0 Å². The Morgan fingerprint density at radius 3 is 1.31 bits per heavy atom. The molecule has 1 heterocycles. The van der Waals surface area contributed by atoms with Gasteiger partial charge in [0.2, 0.25) is 0 Å². The molecule has 0 radical (unpaired) electrons. The summed E-state index contributed by atoms with van der Waals surface area (Å²) < 4.78 is 2.69. The minimum atomic E-state index is 1.26. The van der Waals surface area contributed by atoms with Crippen LogP contribution in [0.3, 0.4) is 0 Å². The molecule has 0 nitrogen and oxygen atoms in total. The molecule has 0 atom stereocenters. The normalized spacial score (nSPS) is 12.1. The van der Waals surface area contributed by atoms with Crippen LogP contribution in [0.1, 0.15) is 0 Å². The van der Waals surface area contributed by atoms with E-state index in [1.807, 2.05) is 11.3 Å². The number of rotatable bonds is 1. The molecule has 1 heteroatoms. The van der Waals surface area contributed by atoms with Gasteiger partial charge in [-0.25, -0.2) is 0 Å². The van der Waals surface area contributed by atoms with Gasteiger partial charge in [-0.05, 0) is 89.3 Å². The van der Waals surface area contributed by atoms with Crippen molar-refractivity contribution in [3.63, 3.8) is 0 Å². The number of thiophene rings is 1. The molecule has 0 unspecified atom stereocenters. The largest absolute Gasteiger partial charge is 0.135 e. The first kappa shape index (κ1) is 21.2. The Balaban J connectivity index is 1.46. The minimum Gasteiger partial charge on any atom is -0.135 e. The van der Waals surface area contributed by atoms with Crippen molar-refractivity contribution in [1.29, 1.82) is 0 Å². The molecule has 0 N–H and O–H groups in total. The average Bonchev–Trinajstić information content (AvgIpc) is 3.38. The van der Waals surface area contributed by atoms with Crippen molar-refractivity contribution in [2.24, 2.45) is 0 Å². The fourth-order valence-corrected chi connectivity index (χ4v) is 7.79. The van der Waals surface area contributed by atoms with E-state index in [-0.39, 0.29) is 0 Å². The highest BCUT2D eigenvalue weighted by Crippen LogP contribution is 2.45. The summed E-state index contributed by atoms with van der Waals surface area (Å²) in [5.41, 5.74) is 2.52. The maximum atomic E-state index is 2.43. The molecule has 0 spiro atoms. The van der Waals surface area contributed by atoms with Crippen LogP contribution in [0.5, 0.6) is 0 Å². The summed E-state index contributed by atoms with van der Waals surface area (Å²) in [4.78, 5) is 0. The second-order valence-electron chi connectivity index (χ2n) is 10.5. The first-order valence-electron chi connectivity index (χ1n) is 13.4. The molecule has 0 aliphatic rings. The molecular weight excluding hydrogens is 488 g/mol. The Kier molecular flexibility index (Phi) is 4.30. The summed E-state index contributed by atoms with van der Waals surface area (Å²) in [5, 5.41) is 15.9. The summed E-state index contributed by atoms with van der Waals surface area (Å²) in [7, 11) is 0. The molecule has 9 aromatic rings. The van der Waals surface area contributed by atoms with Crippen molar-refractivity contribution < 1.29 is 0 Å². The maximum absolute atomic E-state index is 2.43. The molecule has 0 saturated carbocycles. The van der Waals surface area contributed by atoms with Crippen molar-refractivity contribution in [1.82, 2.24) is 0 Å². The zero-order valence-electron chi connectivity index (χ0n) is 21.1. The molecule has 1 aromatic heterocycles. The number of fused-ring (bicyclic) bond motifs is 14. The first-order valence-corrected chi connectivity index (χ1v) is 14.3. The van der Waals surface area contributed by atoms with E-state index in [0.29, 0.717) is 0 Å². The second-order valence-corrected chi connectivity index (χ2v) is 11.5. The highest BCUT2D eigenvalue weighted by atomic mass is 32.1. The first-order chi connectivity index (χ1) is 19.3. The summed E-state index contributed by atoms with van der Waals surface area (Å²) in [6.45, 7) is 0. The number of benzene rings is 8. The summed E-state index contributed by atoms with van der Waals surface area (Å²) in [5.74, 6) is 0. The monoisotopic (exact) mass is 510 g/mol. The third kappa shape index (κ3) is 2.94. The van der Waals surface area contributed by atoms with Gasteiger partial charge in [-0.1, -0.05) is 109 Å². The fourth-order valence-electron chi connectivity index (χ4n) is 6.71. The number of hydrogen-bond acceptors (Lipinski definition) is 1. The molecule has 9 rings (SSSR count). The fraction of sp³-hybridized carbons (Fsp3) is 0. The summed E-state index contributed by atoms with van der Waals surface area (Å²) >= 11 is 1.87. The lowest BCUT2D eigenvalue weighted by Crippen LogP contribution is -1.89. The summed E-state index contributed by atoms with van der Waals surface area (Å²) in [6, 6.07) is 49.5. The lowest BCUT2D eigenvalue weighted by atomic mass is 9.86. The zero-order chi connectivity index (χ0) is 25.5. The average molecular weight is 511 g/mol. The molecule has 0 aliphatic heterocycles. The molecule has 0 fully saturated rings. The minimum absolute atomic E-state index is 1.26.